The summed E-state index contributed by atoms with van der Waals surface area (Å²) in [5, 5.41) is 107. The number of aliphatic hydroxyl groups excluding tert-OH is 10. The first-order valence-corrected chi connectivity index (χ1v) is 23.5. The Labute approximate surface area is 363 Å². The Kier molecular flexibility index (Phi) is 12.9. The van der Waals surface area contributed by atoms with Gasteiger partial charge in [0.25, 0.3) is 0 Å². The van der Waals surface area contributed by atoms with Crippen LogP contribution in [-0.2, 0) is 28.4 Å². The van der Waals surface area contributed by atoms with Gasteiger partial charge in [0.15, 0.2) is 18.9 Å². The van der Waals surface area contributed by atoms with E-state index in [-0.39, 0.29) is 23.0 Å². The zero-order valence-corrected chi connectivity index (χ0v) is 36.7. The third kappa shape index (κ3) is 7.40. The lowest BCUT2D eigenvalue weighted by molar-refractivity contribution is -0.394. The Balaban J connectivity index is 0.952. The van der Waals surface area contributed by atoms with E-state index in [1.807, 2.05) is 0 Å². The molecule has 17 heteroatoms. The number of fused-ring (bicyclic) bond motifs is 9. The molecule has 10 N–H and O–H groups in total. The van der Waals surface area contributed by atoms with E-state index in [0.717, 1.165) is 32.2 Å². The average molecular weight is 884 g/mol. The van der Waals surface area contributed by atoms with E-state index in [9.17, 15) is 51.1 Å². The van der Waals surface area contributed by atoms with E-state index in [0.29, 0.717) is 54.4 Å². The average Bonchev–Trinajstić information content (AvgIpc) is 3.72. The summed E-state index contributed by atoms with van der Waals surface area (Å²) in [5.74, 6) is 3.21. The highest BCUT2D eigenvalue weighted by Crippen LogP contribution is 2.70. The predicted octanol–water partition coefficient (Wildman–Crippen LogP) is -0.874. The lowest BCUT2D eigenvalue weighted by Gasteiger charge is -2.58. The van der Waals surface area contributed by atoms with Gasteiger partial charge in [-0.15, -0.1) is 0 Å². The lowest BCUT2D eigenvalue weighted by Crippen LogP contribution is -2.67. The fraction of sp³-hybridized carbons (Fsp3) is 0.956. The maximum absolute atomic E-state index is 11.6. The molecule has 0 aromatic heterocycles. The van der Waals surface area contributed by atoms with Crippen molar-refractivity contribution >= 4 is 0 Å². The standard InChI is InChI=1S/C45H73NO16/c1-18-12-27(49)31-19(2)30-26(46(31)15-18)14-25-23-7-6-21-13-22(8-10-44(21,4)24(23)9-11-45(25,30)5)58-43-40(62-41-37(55)35(53)32(50)20(3)57-41)39(34(52)29(17-48)60-43)61-42-38(56)36(54)33(51)28(16-47)59-42/h6,18-20,22-43,47-56H,7-17H2,1-5H3. The minimum atomic E-state index is -1.84. The summed E-state index contributed by atoms with van der Waals surface area (Å²) in [7, 11) is 0. The van der Waals surface area contributed by atoms with E-state index in [4.69, 9.17) is 28.4 Å². The highest BCUT2D eigenvalue weighted by Gasteiger charge is 2.67. The zero-order valence-electron chi connectivity index (χ0n) is 36.7. The van der Waals surface area contributed by atoms with Gasteiger partial charge in [0.05, 0.1) is 31.5 Å². The Bertz CT molecular complexity index is 1620. The van der Waals surface area contributed by atoms with E-state index < -0.39 is 111 Å². The number of aliphatic hydroxyl groups is 10. The van der Waals surface area contributed by atoms with Crippen molar-refractivity contribution in [3.05, 3.63) is 11.6 Å². The van der Waals surface area contributed by atoms with Crippen molar-refractivity contribution in [3.63, 3.8) is 0 Å². The Hall–Kier alpha value is -0.940. The van der Waals surface area contributed by atoms with Gasteiger partial charge in [-0.2, -0.15) is 0 Å². The number of nitrogens with zero attached hydrogens (tertiary/aromatic N) is 1. The molecule has 5 heterocycles. The van der Waals surface area contributed by atoms with Gasteiger partial charge in [0.1, 0.15) is 67.1 Å². The summed E-state index contributed by atoms with van der Waals surface area (Å²) in [4.78, 5) is 2.71. The highest BCUT2D eigenvalue weighted by atomic mass is 16.8. The third-order valence-electron chi connectivity index (χ3n) is 18.0. The first kappa shape index (κ1) is 46.2. The number of ether oxygens (including phenoxy) is 6. The molecule has 27 atom stereocenters. The summed E-state index contributed by atoms with van der Waals surface area (Å²) in [5.41, 5.74) is 1.52. The van der Waals surface area contributed by atoms with Gasteiger partial charge in [-0.05, 0) is 105 Å². The van der Waals surface area contributed by atoms with Crippen molar-refractivity contribution in [3.8, 4) is 0 Å². The number of rotatable bonds is 8. The van der Waals surface area contributed by atoms with Crippen LogP contribution in [0.1, 0.15) is 86.0 Å². The quantitative estimate of drug-likeness (QED) is 0.133. The van der Waals surface area contributed by atoms with Crippen molar-refractivity contribution in [2.75, 3.05) is 19.8 Å². The van der Waals surface area contributed by atoms with E-state index in [2.05, 4.69) is 38.7 Å². The Morgan fingerprint density at radius 3 is 2.05 bits per heavy atom. The minimum Gasteiger partial charge on any atom is -0.394 e. The van der Waals surface area contributed by atoms with Gasteiger partial charge in [0, 0.05) is 18.6 Å². The summed E-state index contributed by atoms with van der Waals surface area (Å²) in [6.07, 6.45) is -13.8. The molecule has 5 saturated heterocycles. The normalized spacial score (nSPS) is 57.8. The van der Waals surface area contributed by atoms with Crippen molar-refractivity contribution in [2.45, 2.75) is 202 Å². The number of hydrogen-bond donors (Lipinski definition) is 10. The molecule has 4 aliphatic carbocycles. The summed E-state index contributed by atoms with van der Waals surface area (Å²) in [6, 6.07) is 0.773. The molecule has 3 saturated carbocycles. The van der Waals surface area contributed by atoms with Crippen LogP contribution in [0, 0.1) is 46.3 Å². The molecule has 0 aromatic rings. The van der Waals surface area contributed by atoms with Crippen molar-refractivity contribution < 1.29 is 79.5 Å². The van der Waals surface area contributed by atoms with Crippen LogP contribution in [0.2, 0.25) is 0 Å². The maximum Gasteiger partial charge on any atom is 0.187 e. The molecule has 17 nitrogen and oxygen atoms in total. The van der Waals surface area contributed by atoms with Gasteiger partial charge < -0.3 is 79.5 Å². The smallest absolute Gasteiger partial charge is 0.187 e. The topological polar surface area (TPSA) is 261 Å². The number of piperidine rings is 1. The van der Waals surface area contributed by atoms with Crippen molar-refractivity contribution in [1.29, 1.82) is 0 Å². The molecule has 9 aliphatic rings. The molecule has 0 spiro atoms. The van der Waals surface area contributed by atoms with Gasteiger partial charge in [0.2, 0.25) is 0 Å². The lowest BCUT2D eigenvalue weighted by atomic mass is 9.47. The largest absolute Gasteiger partial charge is 0.394 e. The molecular formula is C45H73NO16. The summed E-state index contributed by atoms with van der Waals surface area (Å²) < 4.78 is 36.8. The van der Waals surface area contributed by atoms with E-state index in [1.165, 1.54) is 25.3 Å². The zero-order chi connectivity index (χ0) is 44.3. The van der Waals surface area contributed by atoms with Gasteiger partial charge in [-0.25, -0.2) is 0 Å². The summed E-state index contributed by atoms with van der Waals surface area (Å²) >= 11 is 0. The van der Waals surface area contributed by atoms with Gasteiger partial charge in [-0.1, -0.05) is 39.3 Å². The van der Waals surface area contributed by atoms with E-state index in [1.54, 1.807) is 0 Å². The number of allylic oxidation sites excluding steroid dienone is 1. The van der Waals surface area contributed by atoms with Crippen molar-refractivity contribution in [1.82, 2.24) is 4.90 Å². The molecule has 354 valence electrons. The predicted molar refractivity (Wildman–Crippen MR) is 216 cm³/mol. The van der Waals surface area contributed by atoms with Crippen molar-refractivity contribution in [2.24, 2.45) is 46.3 Å². The van der Waals surface area contributed by atoms with Crippen LogP contribution >= 0.6 is 0 Å². The van der Waals surface area contributed by atoms with Gasteiger partial charge in [-0.3, -0.25) is 4.90 Å². The molecule has 8 fully saturated rings. The van der Waals surface area contributed by atoms with Crippen LogP contribution in [0.3, 0.4) is 0 Å². The molecule has 5 aliphatic heterocycles. The second-order valence-corrected chi connectivity index (χ2v) is 21.4. The SMILES string of the molecule is CC1CC(O)C2C(C)C3C(CC4C5CC=C6CC(OC7OC(CO)C(O)C(OC8OC(CO)C(O)C(O)C8O)C7OC7OC(C)C(O)C(O)C7O)CCC6(C)C5CCC43C)N2C1. The Morgan fingerprint density at radius 2 is 1.34 bits per heavy atom. The molecule has 0 radical (unpaired) electrons. The number of hydrogen-bond acceptors (Lipinski definition) is 17. The molecule has 27 unspecified atom stereocenters. The third-order valence-corrected chi connectivity index (χ3v) is 18.0. The minimum absolute atomic E-state index is 0.0408. The van der Waals surface area contributed by atoms with Crippen LogP contribution in [0.4, 0.5) is 0 Å². The van der Waals surface area contributed by atoms with Crippen LogP contribution in [0.5, 0.6) is 0 Å². The fourth-order valence-electron chi connectivity index (χ4n) is 14.9. The second kappa shape index (κ2) is 17.3. The monoisotopic (exact) mass is 883 g/mol. The second-order valence-electron chi connectivity index (χ2n) is 21.4. The van der Waals surface area contributed by atoms with Crippen LogP contribution in [-0.4, -0.2) is 192 Å². The molecular weight excluding hydrogens is 810 g/mol. The highest BCUT2D eigenvalue weighted by molar-refractivity contribution is 5.27. The first-order valence-electron chi connectivity index (χ1n) is 23.5. The first-order chi connectivity index (χ1) is 29.4. The van der Waals surface area contributed by atoms with Crippen LogP contribution < -0.4 is 0 Å². The maximum atomic E-state index is 11.6. The van der Waals surface area contributed by atoms with Gasteiger partial charge >= 0.3 is 0 Å². The summed E-state index contributed by atoms with van der Waals surface area (Å²) in [6.45, 7) is 10.8. The molecule has 0 bridgehead atoms. The molecule has 0 amide bonds. The van der Waals surface area contributed by atoms with Crippen LogP contribution in [0.15, 0.2) is 11.6 Å². The van der Waals surface area contributed by atoms with E-state index >= 15 is 0 Å². The molecule has 62 heavy (non-hydrogen) atoms. The van der Waals surface area contributed by atoms with Crippen LogP contribution in [0.25, 0.3) is 0 Å². The Morgan fingerprint density at radius 1 is 0.694 bits per heavy atom. The molecule has 0 aromatic carbocycles. The fourth-order valence-corrected chi connectivity index (χ4v) is 14.9. The molecule has 9 rings (SSSR count).